The molecule has 0 aliphatic carbocycles. The van der Waals surface area contributed by atoms with E-state index in [0.717, 1.165) is 26.2 Å². The molecule has 0 spiro atoms. The monoisotopic (exact) mass is 364 g/mol. The third-order valence-electron chi connectivity index (χ3n) is 5.92. The van der Waals surface area contributed by atoms with E-state index in [1.807, 2.05) is 32.4 Å². The van der Waals surface area contributed by atoms with Crippen LogP contribution in [0.2, 0.25) is 0 Å². The molecule has 0 amide bonds. The molecule has 0 saturated carbocycles. The molecule has 1 aromatic heterocycles. The maximum atomic E-state index is 14.6. The Morgan fingerprint density at radius 2 is 1.88 bits per heavy atom. The van der Waals surface area contributed by atoms with Gasteiger partial charge in [0.1, 0.15) is 11.4 Å². The molecular weight excluding hydrogens is 334 g/mol. The number of nitrogens with zero attached hydrogens (tertiary/aromatic N) is 4. The molecule has 2 aliphatic rings. The smallest absolute Gasteiger partial charge is 0.398 e. The van der Waals surface area contributed by atoms with Gasteiger partial charge in [0, 0.05) is 6.54 Å². The largest absolute Gasteiger partial charge is 0.525 e. The van der Waals surface area contributed by atoms with Gasteiger partial charge in [-0.15, -0.1) is 5.10 Å². The first kappa shape index (κ1) is 19.5. The second kappa shape index (κ2) is 7.41. The van der Waals surface area contributed by atoms with Gasteiger partial charge in [-0.3, -0.25) is 4.68 Å². The normalized spacial score (nSPS) is 24.4. The lowest BCUT2D eigenvalue weighted by Crippen LogP contribution is -2.41. The summed E-state index contributed by atoms with van der Waals surface area (Å²) in [7, 11) is -0.997. The van der Waals surface area contributed by atoms with E-state index >= 15 is 0 Å². The predicted octanol–water partition coefficient (Wildman–Crippen LogP) is 2.95. The summed E-state index contributed by atoms with van der Waals surface area (Å²) in [6.45, 7) is 14.0. The third-order valence-corrected chi connectivity index (χ3v) is 5.92. The van der Waals surface area contributed by atoms with E-state index in [4.69, 9.17) is 9.31 Å². The number of likely N-dealkylation sites (tertiary alicyclic amines) is 1. The third kappa shape index (κ3) is 4.18. The molecule has 2 fully saturated rings. The molecule has 0 bridgehead atoms. The molecule has 0 atom stereocenters. The highest BCUT2D eigenvalue weighted by atomic mass is 19.1. The van der Waals surface area contributed by atoms with Crippen molar-refractivity contribution >= 4 is 13.2 Å². The number of aromatic nitrogens is 3. The Morgan fingerprint density at radius 3 is 2.46 bits per heavy atom. The van der Waals surface area contributed by atoms with Crippen LogP contribution in [0.5, 0.6) is 0 Å². The Balaban J connectivity index is 1.59. The average molecular weight is 364 g/mol. The fourth-order valence-electron chi connectivity index (χ4n) is 3.38. The lowest BCUT2D eigenvalue weighted by Gasteiger charge is -2.32. The van der Waals surface area contributed by atoms with Crippen LogP contribution in [0.15, 0.2) is 11.9 Å². The SMILES string of the molecule is CCN1CCC(Cn2cc(C=C(F)B3OC(C)(C)C(C)(C)O3)nn2)CC1. The lowest BCUT2D eigenvalue weighted by atomic mass is 9.87. The maximum absolute atomic E-state index is 14.6. The minimum absolute atomic E-state index is 0.480. The van der Waals surface area contributed by atoms with Crippen molar-refractivity contribution in [2.24, 2.45) is 5.92 Å². The van der Waals surface area contributed by atoms with Gasteiger partial charge in [-0.25, -0.2) is 4.39 Å². The van der Waals surface area contributed by atoms with Gasteiger partial charge in [0.2, 0.25) is 0 Å². The summed E-state index contributed by atoms with van der Waals surface area (Å²) < 4.78 is 27.8. The molecule has 6 nitrogen and oxygen atoms in total. The van der Waals surface area contributed by atoms with E-state index in [0.29, 0.717) is 11.6 Å². The van der Waals surface area contributed by atoms with Crippen molar-refractivity contribution in [2.45, 2.75) is 65.2 Å². The van der Waals surface area contributed by atoms with E-state index < -0.39 is 24.0 Å². The number of rotatable bonds is 5. The molecule has 0 radical (unpaired) electrons. The quantitative estimate of drug-likeness (QED) is 0.752. The Labute approximate surface area is 155 Å². The van der Waals surface area contributed by atoms with Gasteiger partial charge in [0.25, 0.3) is 0 Å². The number of piperidine rings is 1. The minimum Gasteiger partial charge on any atom is -0.398 e. The van der Waals surface area contributed by atoms with E-state index in [2.05, 4.69) is 22.1 Å². The summed E-state index contributed by atoms with van der Waals surface area (Å²) in [6.07, 6.45) is 5.48. The molecule has 144 valence electrons. The number of halogens is 1. The molecule has 2 aliphatic heterocycles. The van der Waals surface area contributed by atoms with Crippen molar-refractivity contribution in [3.8, 4) is 0 Å². The number of hydrogen-bond donors (Lipinski definition) is 0. The Hall–Kier alpha value is -1.25. The molecule has 0 aromatic carbocycles. The molecule has 2 saturated heterocycles. The Kier molecular flexibility index (Phi) is 5.56. The zero-order valence-corrected chi connectivity index (χ0v) is 16.5. The van der Waals surface area contributed by atoms with Crippen LogP contribution < -0.4 is 0 Å². The summed E-state index contributed by atoms with van der Waals surface area (Å²) in [5, 5.41) is 8.22. The molecule has 0 N–H and O–H groups in total. The Morgan fingerprint density at radius 1 is 1.27 bits per heavy atom. The molecular formula is C18H30BFN4O2. The second-order valence-corrected chi connectivity index (χ2v) is 8.36. The average Bonchev–Trinajstić information content (AvgIpc) is 3.09. The molecule has 26 heavy (non-hydrogen) atoms. The second-order valence-electron chi connectivity index (χ2n) is 8.36. The minimum atomic E-state index is -0.997. The first-order valence-electron chi connectivity index (χ1n) is 9.55. The van der Waals surface area contributed by atoms with Crippen LogP contribution in [0.3, 0.4) is 0 Å². The fourth-order valence-corrected chi connectivity index (χ4v) is 3.38. The van der Waals surface area contributed by atoms with Gasteiger partial charge < -0.3 is 14.2 Å². The van der Waals surface area contributed by atoms with Crippen LogP contribution in [0.25, 0.3) is 6.08 Å². The standard InChI is InChI=1S/C18H30BFN4O2/c1-6-23-9-7-14(8-10-23)12-24-13-15(21-22-24)11-16(20)19-25-17(2,3)18(4,5)26-19/h11,13-14H,6-10,12H2,1-5H3. The van der Waals surface area contributed by atoms with Gasteiger partial charge in [0.15, 0.2) is 0 Å². The van der Waals surface area contributed by atoms with Gasteiger partial charge in [-0.2, -0.15) is 0 Å². The highest BCUT2D eigenvalue weighted by molar-refractivity contribution is 6.54. The highest BCUT2D eigenvalue weighted by Crippen LogP contribution is 2.39. The Bertz CT molecular complexity index is 637. The molecule has 8 heteroatoms. The van der Waals surface area contributed by atoms with Crippen molar-refractivity contribution in [1.82, 2.24) is 19.9 Å². The van der Waals surface area contributed by atoms with Crippen LogP contribution in [-0.2, 0) is 15.9 Å². The van der Waals surface area contributed by atoms with Crippen LogP contribution in [0.4, 0.5) is 4.39 Å². The summed E-state index contributed by atoms with van der Waals surface area (Å²) >= 11 is 0. The molecule has 3 rings (SSSR count). The first-order valence-corrected chi connectivity index (χ1v) is 9.55. The molecule has 1 aromatic rings. The summed E-state index contributed by atoms with van der Waals surface area (Å²) in [6, 6.07) is 0. The van der Waals surface area contributed by atoms with Crippen molar-refractivity contribution in [1.29, 1.82) is 0 Å². The van der Waals surface area contributed by atoms with Gasteiger partial charge in [-0.05, 0) is 72.2 Å². The summed E-state index contributed by atoms with van der Waals surface area (Å²) in [4.78, 5) is 2.46. The van der Waals surface area contributed by atoms with Crippen LogP contribution in [0, 0.1) is 5.92 Å². The number of hydrogen-bond acceptors (Lipinski definition) is 5. The van der Waals surface area contributed by atoms with E-state index in [-0.39, 0.29) is 0 Å². The van der Waals surface area contributed by atoms with Crippen molar-refractivity contribution in [3.05, 3.63) is 17.6 Å². The first-order chi connectivity index (χ1) is 12.2. The van der Waals surface area contributed by atoms with Crippen LogP contribution >= 0.6 is 0 Å². The lowest BCUT2D eigenvalue weighted by molar-refractivity contribution is 0.00578. The van der Waals surface area contributed by atoms with Crippen LogP contribution in [0.1, 0.15) is 53.2 Å². The van der Waals surface area contributed by atoms with Crippen molar-refractivity contribution in [2.75, 3.05) is 19.6 Å². The molecule has 3 heterocycles. The van der Waals surface area contributed by atoms with Crippen LogP contribution in [-0.4, -0.2) is 57.8 Å². The maximum Gasteiger partial charge on any atom is 0.525 e. The zero-order chi connectivity index (χ0) is 18.9. The van der Waals surface area contributed by atoms with E-state index in [1.165, 1.54) is 18.9 Å². The fraction of sp³-hybridized carbons (Fsp3) is 0.778. The molecule has 0 unspecified atom stereocenters. The summed E-state index contributed by atoms with van der Waals surface area (Å²) in [5.41, 5.74) is -1.11. The topological polar surface area (TPSA) is 52.4 Å². The van der Waals surface area contributed by atoms with Gasteiger partial charge >= 0.3 is 7.12 Å². The van der Waals surface area contributed by atoms with Crippen molar-refractivity contribution < 1.29 is 13.7 Å². The van der Waals surface area contributed by atoms with Gasteiger partial charge in [0.05, 0.1) is 17.4 Å². The zero-order valence-electron chi connectivity index (χ0n) is 16.5. The van der Waals surface area contributed by atoms with E-state index in [1.54, 1.807) is 6.20 Å². The predicted molar refractivity (Wildman–Crippen MR) is 100 cm³/mol. The van der Waals surface area contributed by atoms with Gasteiger partial charge in [-0.1, -0.05) is 12.1 Å². The van der Waals surface area contributed by atoms with E-state index in [9.17, 15) is 4.39 Å². The summed E-state index contributed by atoms with van der Waals surface area (Å²) in [5.74, 6) is 0.601. The van der Waals surface area contributed by atoms with Crippen molar-refractivity contribution in [3.63, 3.8) is 0 Å². The highest BCUT2D eigenvalue weighted by Gasteiger charge is 2.53.